The number of phosphoric acid groups is 1. The summed E-state index contributed by atoms with van der Waals surface area (Å²) in [4.78, 5) is 34.7. The zero-order chi connectivity index (χ0) is 35.4. The summed E-state index contributed by atoms with van der Waals surface area (Å²) < 4.78 is 32.6. The molecule has 1 unspecified atom stereocenters. The predicted molar refractivity (Wildman–Crippen MR) is 197 cm³/mol. The quantitative estimate of drug-likeness (QED) is 0.0283. The van der Waals surface area contributed by atoms with Crippen LogP contribution in [0.15, 0.2) is 24.3 Å². The van der Waals surface area contributed by atoms with E-state index in [2.05, 4.69) is 38.2 Å². The van der Waals surface area contributed by atoms with Crippen molar-refractivity contribution < 1.29 is 37.6 Å². The third-order valence-corrected chi connectivity index (χ3v) is 9.07. The van der Waals surface area contributed by atoms with E-state index in [9.17, 15) is 19.0 Å². The molecule has 0 fully saturated rings. The molecule has 0 aliphatic carbocycles. The summed E-state index contributed by atoms with van der Waals surface area (Å²) in [6.45, 7) is 3.67. The minimum absolute atomic E-state index is 0.0528. The monoisotopic (exact) mass is 701 g/mol. The first-order valence-electron chi connectivity index (χ1n) is 19.3. The van der Waals surface area contributed by atoms with Crippen molar-refractivity contribution in [2.24, 2.45) is 5.73 Å². The maximum atomic E-state index is 12.5. The van der Waals surface area contributed by atoms with Crippen molar-refractivity contribution in [1.82, 2.24) is 0 Å². The molecule has 0 heterocycles. The van der Waals surface area contributed by atoms with Crippen LogP contribution >= 0.6 is 7.82 Å². The van der Waals surface area contributed by atoms with Crippen LogP contribution in [0.2, 0.25) is 0 Å². The summed E-state index contributed by atoms with van der Waals surface area (Å²) in [6, 6.07) is 0. The van der Waals surface area contributed by atoms with Crippen molar-refractivity contribution in [1.29, 1.82) is 0 Å². The van der Waals surface area contributed by atoms with Gasteiger partial charge in [-0.25, -0.2) is 4.57 Å². The number of allylic oxidation sites excluding steroid dienone is 4. The fraction of sp³-hybridized carbons (Fsp3) is 0.842. The average molecular weight is 702 g/mol. The third-order valence-electron chi connectivity index (χ3n) is 8.09. The number of hydrogen-bond donors (Lipinski definition) is 2. The van der Waals surface area contributed by atoms with E-state index >= 15 is 0 Å². The topological polar surface area (TPSA) is 134 Å². The van der Waals surface area contributed by atoms with E-state index in [4.69, 9.17) is 24.3 Å². The molecule has 9 nitrogen and oxygen atoms in total. The Balaban J connectivity index is 4.23. The van der Waals surface area contributed by atoms with Crippen molar-refractivity contribution in [2.45, 2.75) is 180 Å². The van der Waals surface area contributed by atoms with Gasteiger partial charge >= 0.3 is 19.8 Å². The number of ether oxygens (including phenoxy) is 2. The van der Waals surface area contributed by atoms with Crippen LogP contribution in [0.4, 0.5) is 0 Å². The lowest BCUT2D eigenvalue weighted by Crippen LogP contribution is -2.29. The first-order valence-corrected chi connectivity index (χ1v) is 20.8. The minimum atomic E-state index is -4.37. The Labute approximate surface area is 293 Å². The van der Waals surface area contributed by atoms with E-state index < -0.39 is 32.5 Å². The van der Waals surface area contributed by atoms with Gasteiger partial charge in [-0.1, -0.05) is 147 Å². The van der Waals surface area contributed by atoms with E-state index in [0.717, 1.165) is 64.2 Å². The third kappa shape index (κ3) is 34.4. The zero-order valence-corrected chi connectivity index (χ0v) is 31.6. The SMILES string of the molecule is CCCC/C=C\C/C=C\CCCCCCCC(=O)OC[C@H](COP(=O)(O)OCCN)OC(=O)CCCCCCCCCCCCCCC. The molecule has 0 radical (unpaired) electrons. The summed E-state index contributed by atoms with van der Waals surface area (Å²) in [7, 11) is -4.37. The normalized spacial score (nSPS) is 13.7. The van der Waals surface area contributed by atoms with Crippen LogP contribution in [0.5, 0.6) is 0 Å². The molecule has 0 rings (SSSR count). The van der Waals surface area contributed by atoms with Crippen LogP contribution in [-0.4, -0.2) is 49.3 Å². The molecule has 48 heavy (non-hydrogen) atoms. The van der Waals surface area contributed by atoms with Crippen LogP contribution in [0.3, 0.4) is 0 Å². The molecular formula is C38H72NO8P. The molecule has 0 aromatic rings. The average Bonchev–Trinajstić information content (AvgIpc) is 3.07. The number of nitrogens with two attached hydrogens (primary N) is 1. The Bertz CT molecular complexity index is 851. The molecule has 2 atom stereocenters. The molecule has 0 aromatic carbocycles. The Morgan fingerprint density at radius 3 is 1.65 bits per heavy atom. The summed E-state index contributed by atoms with van der Waals surface area (Å²) in [5.74, 6) is -0.842. The first kappa shape index (κ1) is 46.5. The van der Waals surface area contributed by atoms with Gasteiger partial charge in [0.1, 0.15) is 6.61 Å². The van der Waals surface area contributed by atoms with Crippen molar-refractivity contribution in [3.8, 4) is 0 Å². The maximum absolute atomic E-state index is 12.5. The Morgan fingerprint density at radius 2 is 1.10 bits per heavy atom. The molecular weight excluding hydrogens is 629 g/mol. The number of hydrogen-bond acceptors (Lipinski definition) is 8. The highest BCUT2D eigenvalue weighted by molar-refractivity contribution is 7.47. The van der Waals surface area contributed by atoms with Gasteiger partial charge in [-0.2, -0.15) is 0 Å². The highest BCUT2D eigenvalue weighted by Crippen LogP contribution is 2.43. The first-order chi connectivity index (χ1) is 23.3. The van der Waals surface area contributed by atoms with Gasteiger partial charge in [0.2, 0.25) is 0 Å². The van der Waals surface area contributed by atoms with Gasteiger partial charge in [-0.05, 0) is 38.5 Å². The van der Waals surface area contributed by atoms with Crippen LogP contribution in [-0.2, 0) is 32.7 Å². The molecule has 282 valence electrons. The van der Waals surface area contributed by atoms with Gasteiger partial charge in [0.25, 0.3) is 0 Å². The maximum Gasteiger partial charge on any atom is 0.472 e. The molecule has 0 spiro atoms. The molecule has 0 aliphatic rings. The zero-order valence-electron chi connectivity index (χ0n) is 30.7. The summed E-state index contributed by atoms with van der Waals surface area (Å²) >= 11 is 0. The minimum Gasteiger partial charge on any atom is -0.462 e. The Morgan fingerprint density at radius 1 is 0.625 bits per heavy atom. The molecule has 10 heteroatoms. The molecule has 0 aliphatic heterocycles. The lowest BCUT2D eigenvalue weighted by atomic mass is 10.0. The number of phosphoric ester groups is 1. The fourth-order valence-electron chi connectivity index (χ4n) is 5.18. The second kappa shape index (κ2) is 35.3. The molecule has 0 aromatic heterocycles. The summed E-state index contributed by atoms with van der Waals surface area (Å²) in [5, 5.41) is 0. The van der Waals surface area contributed by atoms with Crippen molar-refractivity contribution >= 4 is 19.8 Å². The number of carbonyl (C=O) groups is 2. The Hall–Kier alpha value is -1.51. The largest absolute Gasteiger partial charge is 0.472 e. The van der Waals surface area contributed by atoms with E-state index in [-0.39, 0.29) is 32.6 Å². The molecule has 3 N–H and O–H groups in total. The smallest absolute Gasteiger partial charge is 0.462 e. The number of rotatable bonds is 36. The van der Waals surface area contributed by atoms with Gasteiger partial charge in [-0.3, -0.25) is 18.6 Å². The van der Waals surface area contributed by atoms with Crippen LogP contribution < -0.4 is 5.73 Å². The van der Waals surface area contributed by atoms with Crippen LogP contribution in [0.1, 0.15) is 174 Å². The van der Waals surface area contributed by atoms with E-state index in [1.165, 1.54) is 77.0 Å². The lowest BCUT2D eigenvalue weighted by Gasteiger charge is -2.19. The second-order valence-corrected chi connectivity index (χ2v) is 14.3. The summed E-state index contributed by atoms with van der Waals surface area (Å²) in [6.07, 6.45) is 34.9. The Kier molecular flexibility index (Phi) is 34.2. The van der Waals surface area contributed by atoms with E-state index in [0.29, 0.717) is 6.42 Å². The summed E-state index contributed by atoms with van der Waals surface area (Å²) in [5.41, 5.74) is 5.33. The van der Waals surface area contributed by atoms with Crippen LogP contribution in [0.25, 0.3) is 0 Å². The van der Waals surface area contributed by atoms with Gasteiger partial charge in [0, 0.05) is 19.4 Å². The molecule has 0 saturated carbocycles. The highest BCUT2D eigenvalue weighted by atomic mass is 31.2. The van der Waals surface area contributed by atoms with Crippen molar-refractivity contribution in [2.75, 3.05) is 26.4 Å². The predicted octanol–water partition coefficient (Wildman–Crippen LogP) is 10.4. The van der Waals surface area contributed by atoms with E-state index in [1.54, 1.807) is 0 Å². The molecule has 0 amide bonds. The van der Waals surface area contributed by atoms with Crippen molar-refractivity contribution in [3.05, 3.63) is 24.3 Å². The lowest BCUT2D eigenvalue weighted by molar-refractivity contribution is -0.161. The van der Waals surface area contributed by atoms with Crippen LogP contribution in [0, 0.1) is 0 Å². The molecule has 0 bridgehead atoms. The van der Waals surface area contributed by atoms with Gasteiger partial charge in [0.05, 0.1) is 13.2 Å². The van der Waals surface area contributed by atoms with Gasteiger partial charge in [-0.15, -0.1) is 0 Å². The van der Waals surface area contributed by atoms with Gasteiger partial charge in [0.15, 0.2) is 6.10 Å². The van der Waals surface area contributed by atoms with E-state index in [1.807, 2.05) is 0 Å². The number of esters is 2. The second-order valence-electron chi connectivity index (χ2n) is 12.8. The highest BCUT2D eigenvalue weighted by Gasteiger charge is 2.25. The van der Waals surface area contributed by atoms with Gasteiger partial charge < -0.3 is 20.1 Å². The van der Waals surface area contributed by atoms with Crippen molar-refractivity contribution in [3.63, 3.8) is 0 Å². The number of carbonyl (C=O) groups excluding carboxylic acids is 2. The fourth-order valence-corrected chi connectivity index (χ4v) is 5.94. The molecule has 0 saturated heterocycles. The number of unbranched alkanes of at least 4 members (excludes halogenated alkanes) is 19. The standard InChI is InChI=1S/C38H72NO8P/c1-3-5-7-9-11-13-15-17-19-20-22-24-26-28-30-37(40)44-34-36(35-46-48(42,43)45-33-32-39)47-38(41)31-29-27-25-23-21-18-16-14-12-10-8-6-4-2/h9,11,15,17,36H,3-8,10,12-14,16,18-35,39H2,1-2H3,(H,42,43)/b11-9-,17-15-/t36-/m1/s1.